The third kappa shape index (κ3) is 5.40. The average Bonchev–Trinajstić information content (AvgIpc) is 3.39. The molecule has 33 heavy (non-hydrogen) atoms. The van der Waals surface area contributed by atoms with E-state index in [1.165, 1.54) is 41.7 Å². The highest BCUT2D eigenvalue weighted by Gasteiger charge is 2.45. The summed E-state index contributed by atoms with van der Waals surface area (Å²) in [6.45, 7) is 2.54. The number of halogens is 5. The summed E-state index contributed by atoms with van der Waals surface area (Å²) in [5, 5.41) is 2.52. The lowest BCUT2D eigenvalue weighted by Crippen LogP contribution is -2.24. The van der Waals surface area contributed by atoms with Gasteiger partial charge in [0.1, 0.15) is 10.8 Å². The van der Waals surface area contributed by atoms with Crippen LogP contribution < -0.4 is 0 Å². The molecule has 1 aliphatic rings. The van der Waals surface area contributed by atoms with Crippen LogP contribution in [0.2, 0.25) is 5.02 Å². The third-order valence-corrected chi connectivity index (χ3v) is 8.02. The maximum Gasteiger partial charge on any atom is 0.497 e. The molecule has 0 N–H and O–H groups in total. The number of sulfone groups is 1. The third-order valence-electron chi connectivity index (χ3n) is 5.41. The van der Waals surface area contributed by atoms with E-state index in [9.17, 15) is 26.0 Å². The van der Waals surface area contributed by atoms with E-state index in [0.29, 0.717) is 22.8 Å². The van der Waals surface area contributed by atoms with Gasteiger partial charge in [0.15, 0.2) is 0 Å². The van der Waals surface area contributed by atoms with Gasteiger partial charge in [0, 0.05) is 23.1 Å². The molecule has 1 aliphatic heterocycles. The molecule has 2 heterocycles. The van der Waals surface area contributed by atoms with Gasteiger partial charge in [-0.15, -0.1) is 11.3 Å². The molecule has 4 nitrogen and oxygen atoms in total. The van der Waals surface area contributed by atoms with E-state index in [0.717, 1.165) is 37.1 Å². The van der Waals surface area contributed by atoms with Crippen molar-refractivity contribution in [2.24, 2.45) is 0 Å². The van der Waals surface area contributed by atoms with Crippen molar-refractivity contribution in [3.05, 3.63) is 63.7 Å². The number of aromatic nitrogens is 1. The lowest BCUT2D eigenvalue weighted by Gasteiger charge is -2.16. The van der Waals surface area contributed by atoms with Gasteiger partial charge < -0.3 is 0 Å². The molecule has 176 valence electrons. The average molecular weight is 519 g/mol. The number of nitrogens with zero attached hydrogens (tertiary/aromatic N) is 2. The lowest BCUT2D eigenvalue weighted by atomic mass is 10.1. The van der Waals surface area contributed by atoms with Gasteiger partial charge in [-0.2, -0.15) is 13.2 Å². The minimum atomic E-state index is -5.33. The van der Waals surface area contributed by atoms with Gasteiger partial charge in [-0.3, -0.25) is 4.90 Å². The van der Waals surface area contributed by atoms with E-state index >= 15 is 0 Å². The molecule has 2 aromatic carbocycles. The topological polar surface area (TPSA) is 50.3 Å². The molecule has 0 unspecified atom stereocenters. The van der Waals surface area contributed by atoms with Crippen molar-refractivity contribution < 1.29 is 26.0 Å². The van der Waals surface area contributed by atoms with E-state index in [1.807, 2.05) is 0 Å². The summed E-state index contributed by atoms with van der Waals surface area (Å²) in [5.41, 5.74) is -2.79. The fourth-order valence-electron chi connectivity index (χ4n) is 3.76. The van der Waals surface area contributed by atoms with Gasteiger partial charge in [0.2, 0.25) is 0 Å². The van der Waals surface area contributed by atoms with Crippen LogP contribution in [-0.2, 0) is 22.1 Å². The lowest BCUT2D eigenvalue weighted by molar-refractivity contribution is -0.0437. The summed E-state index contributed by atoms with van der Waals surface area (Å²) in [4.78, 5) is 6.88. The fraction of sp³-hybridized carbons (Fsp3) is 0.318. The second-order valence-electron chi connectivity index (χ2n) is 7.84. The molecule has 0 radical (unpaired) electrons. The van der Waals surface area contributed by atoms with Gasteiger partial charge in [-0.25, -0.2) is 17.8 Å². The highest BCUT2D eigenvalue weighted by Crippen LogP contribution is 2.36. The van der Waals surface area contributed by atoms with Crippen LogP contribution in [0.25, 0.3) is 21.8 Å². The van der Waals surface area contributed by atoms with Gasteiger partial charge in [-0.1, -0.05) is 23.7 Å². The number of rotatable bonds is 6. The van der Waals surface area contributed by atoms with Crippen LogP contribution in [0.15, 0.2) is 41.8 Å². The zero-order chi connectivity index (χ0) is 23.8. The van der Waals surface area contributed by atoms with Crippen molar-refractivity contribution >= 4 is 32.8 Å². The Morgan fingerprint density at radius 1 is 1.06 bits per heavy atom. The number of thiazole rings is 1. The summed E-state index contributed by atoms with van der Waals surface area (Å²) in [6.07, 6.45) is 2.23. The molecule has 1 fully saturated rings. The van der Waals surface area contributed by atoms with Crippen molar-refractivity contribution in [1.82, 2.24) is 9.88 Å². The molecule has 0 aliphatic carbocycles. The number of hydrogen-bond acceptors (Lipinski definition) is 5. The summed E-state index contributed by atoms with van der Waals surface area (Å²) in [7, 11) is -5.30. The van der Waals surface area contributed by atoms with Crippen LogP contribution in [0, 0.1) is 5.82 Å². The number of benzene rings is 2. The Morgan fingerprint density at radius 2 is 1.76 bits per heavy atom. The Bertz CT molecular complexity index is 1270. The van der Waals surface area contributed by atoms with Crippen molar-refractivity contribution in [2.75, 3.05) is 13.1 Å². The predicted octanol–water partition coefficient (Wildman–Crippen LogP) is 6.30. The van der Waals surface area contributed by atoms with Crippen LogP contribution in [0.5, 0.6) is 0 Å². The monoisotopic (exact) mass is 518 g/mol. The first-order valence-electron chi connectivity index (χ1n) is 10.1. The second-order valence-corrected chi connectivity index (χ2v) is 11.1. The molecule has 1 saturated heterocycles. The summed E-state index contributed by atoms with van der Waals surface area (Å²) in [5.74, 6) is -1.51. The van der Waals surface area contributed by atoms with Crippen molar-refractivity contribution in [2.45, 2.75) is 30.6 Å². The van der Waals surface area contributed by atoms with E-state index in [4.69, 9.17) is 11.6 Å². The molecule has 0 amide bonds. The molecular weight excluding hydrogens is 500 g/mol. The van der Waals surface area contributed by atoms with Crippen molar-refractivity contribution in [1.29, 1.82) is 0 Å². The fourth-order valence-corrected chi connectivity index (χ4v) is 5.72. The van der Waals surface area contributed by atoms with Crippen LogP contribution in [-0.4, -0.2) is 36.9 Å². The van der Waals surface area contributed by atoms with E-state index in [2.05, 4.69) is 9.88 Å². The highest BCUT2D eigenvalue weighted by atomic mass is 35.5. The van der Waals surface area contributed by atoms with Crippen molar-refractivity contribution in [3.8, 4) is 21.8 Å². The van der Waals surface area contributed by atoms with Crippen LogP contribution in [0.3, 0.4) is 0 Å². The molecule has 4 rings (SSSR count). The Hall–Kier alpha value is -2.01. The first-order valence-corrected chi connectivity index (χ1v) is 13.0. The summed E-state index contributed by atoms with van der Waals surface area (Å²) >= 11 is 7.61. The first-order chi connectivity index (χ1) is 15.5. The van der Waals surface area contributed by atoms with Crippen LogP contribution in [0.4, 0.5) is 17.6 Å². The maximum atomic E-state index is 13.9. The smallest absolute Gasteiger partial charge is 0.299 e. The molecule has 0 spiro atoms. The summed E-state index contributed by atoms with van der Waals surface area (Å²) in [6, 6.07) is 8.54. The van der Waals surface area contributed by atoms with E-state index in [-0.39, 0.29) is 16.4 Å². The highest BCUT2D eigenvalue weighted by molar-refractivity contribution is 7.91. The first kappa shape index (κ1) is 24.1. The number of hydrogen-bond donors (Lipinski definition) is 0. The van der Waals surface area contributed by atoms with E-state index < -0.39 is 21.1 Å². The van der Waals surface area contributed by atoms with Crippen LogP contribution >= 0.6 is 22.9 Å². The Kier molecular flexibility index (Phi) is 6.82. The molecule has 0 saturated carbocycles. The normalized spacial score (nSPS) is 15.3. The predicted molar refractivity (Wildman–Crippen MR) is 121 cm³/mol. The summed E-state index contributed by atoms with van der Waals surface area (Å²) < 4.78 is 74.7. The molecule has 0 bridgehead atoms. The standard InChI is InChI=1S/C22H19ClF4N2O2S2/c23-19-9-14(13-33(30,31)22(25,26)27)3-5-18(19)20-12-32-21(28-20)17-6-4-16(24)10-15(17)11-29-7-1-2-8-29/h3-6,9-10,12H,1-2,7-8,11,13H2. The molecule has 3 aromatic rings. The maximum absolute atomic E-state index is 13.9. The van der Waals surface area contributed by atoms with Crippen molar-refractivity contribution in [3.63, 3.8) is 0 Å². The van der Waals surface area contributed by atoms with E-state index in [1.54, 1.807) is 11.4 Å². The minimum absolute atomic E-state index is 0.0667. The second kappa shape index (κ2) is 9.32. The van der Waals surface area contributed by atoms with Gasteiger partial charge in [-0.05, 0) is 61.3 Å². The molecule has 11 heteroatoms. The molecule has 1 aromatic heterocycles. The molecule has 0 atom stereocenters. The minimum Gasteiger partial charge on any atom is -0.299 e. The zero-order valence-electron chi connectivity index (χ0n) is 17.2. The Morgan fingerprint density at radius 3 is 2.42 bits per heavy atom. The Balaban J connectivity index is 1.60. The quantitative estimate of drug-likeness (QED) is 0.359. The van der Waals surface area contributed by atoms with Crippen LogP contribution in [0.1, 0.15) is 24.0 Å². The van der Waals surface area contributed by atoms with Gasteiger partial charge >= 0.3 is 5.51 Å². The number of alkyl halides is 3. The largest absolute Gasteiger partial charge is 0.497 e. The zero-order valence-corrected chi connectivity index (χ0v) is 19.6. The Labute approximate surface area is 197 Å². The molecular formula is C22H19ClF4N2O2S2. The van der Waals surface area contributed by atoms with Gasteiger partial charge in [0.05, 0.1) is 16.5 Å². The number of likely N-dealkylation sites (tertiary alicyclic amines) is 1. The SMILES string of the molecule is O=S(=O)(Cc1ccc(-c2csc(-c3ccc(F)cc3CN3CCCC3)n2)c(Cl)c1)C(F)(F)F. The van der Waals surface area contributed by atoms with Gasteiger partial charge in [0.25, 0.3) is 9.84 Å².